The van der Waals surface area contributed by atoms with Crippen molar-refractivity contribution in [2.45, 2.75) is 12.8 Å². The number of nitrogens with zero attached hydrogens (tertiary/aromatic N) is 1. The van der Waals surface area contributed by atoms with Gasteiger partial charge in [0.25, 0.3) is 0 Å². The van der Waals surface area contributed by atoms with Crippen LogP contribution in [0.5, 0.6) is 5.75 Å². The van der Waals surface area contributed by atoms with Crippen LogP contribution in [0.25, 0.3) is 0 Å². The van der Waals surface area contributed by atoms with Crippen molar-refractivity contribution >= 4 is 11.8 Å². The fourth-order valence-corrected chi connectivity index (χ4v) is 2.91. The molecule has 1 N–H and O–H groups in total. The van der Waals surface area contributed by atoms with Crippen LogP contribution >= 0.6 is 0 Å². The third-order valence-electron chi connectivity index (χ3n) is 4.16. The molecular weight excluding hydrogens is 266 g/mol. The average Bonchev–Trinajstić information content (AvgIpc) is 2.73. The van der Waals surface area contributed by atoms with Crippen LogP contribution in [-0.4, -0.2) is 28.4 Å². The van der Waals surface area contributed by atoms with Crippen LogP contribution in [0.1, 0.15) is 18.4 Å². The van der Waals surface area contributed by atoms with Crippen LogP contribution < -0.4 is 0 Å². The third kappa shape index (κ3) is 2.37. The van der Waals surface area contributed by atoms with Gasteiger partial charge in [0.15, 0.2) is 0 Å². The number of imide groups is 1. The molecule has 1 heterocycles. The maximum atomic E-state index is 12.4. The molecule has 0 aromatic heterocycles. The highest BCUT2D eigenvalue weighted by Crippen LogP contribution is 2.32. The number of aromatic hydroxyl groups is 1. The average molecular weight is 283 g/mol. The summed E-state index contributed by atoms with van der Waals surface area (Å²) >= 11 is 0. The molecule has 0 saturated carbocycles. The van der Waals surface area contributed by atoms with Crippen molar-refractivity contribution in [3.63, 3.8) is 0 Å². The second kappa shape index (κ2) is 5.20. The van der Waals surface area contributed by atoms with Gasteiger partial charge in [-0.2, -0.15) is 0 Å². The topological polar surface area (TPSA) is 57.6 Å². The molecule has 1 aliphatic heterocycles. The molecule has 0 radical (unpaired) electrons. The summed E-state index contributed by atoms with van der Waals surface area (Å²) in [7, 11) is 0. The number of carbonyl (C=O) groups excluding carboxylic acids is 2. The van der Waals surface area contributed by atoms with Crippen LogP contribution in [-0.2, 0) is 9.59 Å². The van der Waals surface area contributed by atoms with Crippen LogP contribution in [0, 0.1) is 11.8 Å². The first-order valence-electron chi connectivity index (χ1n) is 7.07. The molecule has 1 aromatic carbocycles. The molecule has 21 heavy (non-hydrogen) atoms. The summed E-state index contributed by atoms with van der Waals surface area (Å²) in [5.41, 5.74) is 0.995. The molecule has 2 aliphatic rings. The Morgan fingerprint density at radius 1 is 1.05 bits per heavy atom. The number of phenolic OH excluding ortho intramolecular Hbond substituents is 1. The van der Waals surface area contributed by atoms with Gasteiger partial charge < -0.3 is 5.11 Å². The number of carbonyl (C=O) groups is 2. The van der Waals surface area contributed by atoms with Gasteiger partial charge in [-0.05, 0) is 23.6 Å². The van der Waals surface area contributed by atoms with Crippen molar-refractivity contribution in [3.8, 4) is 5.75 Å². The van der Waals surface area contributed by atoms with E-state index < -0.39 is 0 Å². The van der Waals surface area contributed by atoms with E-state index in [9.17, 15) is 14.7 Å². The zero-order chi connectivity index (χ0) is 15.0. The maximum Gasteiger partial charge on any atom is 0.237 e. The van der Waals surface area contributed by atoms with E-state index in [4.69, 9.17) is 0 Å². The van der Waals surface area contributed by atoms with Crippen molar-refractivity contribution in [2.24, 2.45) is 11.8 Å². The summed E-state index contributed by atoms with van der Waals surface area (Å²) in [6.45, 7) is 2.34. The molecule has 0 bridgehead atoms. The summed E-state index contributed by atoms with van der Waals surface area (Å²) in [5.74, 6) is -0.663. The smallest absolute Gasteiger partial charge is 0.237 e. The SMILES string of the molecule is C[C@H](CN1C(=O)[C@H]2C=CC=C[C@@H]2C1=O)c1ccc(O)cc1. The molecule has 108 valence electrons. The van der Waals surface area contributed by atoms with Gasteiger partial charge in [0.2, 0.25) is 11.8 Å². The van der Waals surface area contributed by atoms with Crippen molar-refractivity contribution < 1.29 is 14.7 Å². The molecular formula is C17H17NO3. The number of benzene rings is 1. The zero-order valence-corrected chi connectivity index (χ0v) is 11.8. The van der Waals surface area contributed by atoms with Crippen LogP contribution in [0.4, 0.5) is 0 Å². The largest absolute Gasteiger partial charge is 0.508 e. The molecule has 2 amide bonds. The Balaban J connectivity index is 1.77. The van der Waals surface area contributed by atoms with E-state index in [0.29, 0.717) is 6.54 Å². The van der Waals surface area contributed by atoms with E-state index >= 15 is 0 Å². The second-order valence-electron chi connectivity index (χ2n) is 5.60. The van der Waals surface area contributed by atoms with E-state index in [2.05, 4.69) is 0 Å². The van der Waals surface area contributed by atoms with Gasteiger partial charge in [0.05, 0.1) is 11.8 Å². The minimum Gasteiger partial charge on any atom is -0.508 e. The van der Waals surface area contributed by atoms with Gasteiger partial charge in [-0.25, -0.2) is 0 Å². The van der Waals surface area contributed by atoms with Crippen molar-refractivity contribution in [2.75, 3.05) is 6.54 Å². The lowest BCUT2D eigenvalue weighted by Crippen LogP contribution is -2.34. The lowest BCUT2D eigenvalue weighted by molar-refractivity contribution is -0.139. The number of likely N-dealkylation sites (tertiary alicyclic amines) is 1. The number of hydrogen-bond donors (Lipinski definition) is 1. The third-order valence-corrected chi connectivity index (χ3v) is 4.16. The molecule has 4 nitrogen and oxygen atoms in total. The quantitative estimate of drug-likeness (QED) is 0.865. The Hall–Kier alpha value is -2.36. The predicted octanol–water partition coefficient (Wildman–Crippen LogP) is 2.22. The summed E-state index contributed by atoms with van der Waals surface area (Å²) in [5, 5.41) is 9.31. The normalized spacial score (nSPS) is 25.3. The first-order valence-corrected chi connectivity index (χ1v) is 7.07. The number of fused-ring (bicyclic) bond motifs is 1. The molecule has 0 unspecified atom stereocenters. The monoisotopic (exact) mass is 283 g/mol. The van der Waals surface area contributed by atoms with Gasteiger partial charge in [0, 0.05) is 6.54 Å². The van der Waals surface area contributed by atoms with Gasteiger partial charge in [-0.3, -0.25) is 14.5 Å². The highest BCUT2D eigenvalue weighted by molar-refractivity contribution is 6.07. The highest BCUT2D eigenvalue weighted by Gasteiger charge is 2.45. The Labute approximate surface area is 123 Å². The van der Waals surface area contributed by atoms with Crippen LogP contribution in [0.2, 0.25) is 0 Å². The zero-order valence-electron chi connectivity index (χ0n) is 11.8. The standard InChI is InChI=1S/C17H17NO3/c1-11(12-6-8-13(19)9-7-12)10-18-16(20)14-4-2-3-5-15(14)17(18)21/h2-9,11,14-15,19H,10H2,1H3/t11-,14+,15+/m1/s1. The fourth-order valence-electron chi connectivity index (χ4n) is 2.91. The number of allylic oxidation sites excluding steroid dienone is 2. The fraction of sp³-hybridized carbons (Fsp3) is 0.294. The highest BCUT2D eigenvalue weighted by atomic mass is 16.3. The molecule has 1 saturated heterocycles. The Bertz CT molecular complexity index is 600. The van der Waals surface area contributed by atoms with Gasteiger partial charge in [-0.15, -0.1) is 0 Å². The molecule has 1 aromatic rings. The minimum absolute atomic E-state index is 0.0339. The number of amides is 2. The first-order chi connectivity index (χ1) is 10.1. The number of phenols is 1. The molecule has 1 fully saturated rings. The van der Waals surface area contributed by atoms with E-state index in [-0.39, 0.29) is 35.3 Å². The Kier molecular flexibility index (Phi) is 3.37. The Morgan fingerprint density at radius 3 is 2.10 bits per heavy atom. The van der Waals surface area contributed by atoms with Crippen molar-refractivity contribution in [1.29, 1.82) is 0 Å². The molecule has 3 atom stereocenters. The van der Waals surface area contributed by atoms with Crippen LogP contribution in [0.15, 0.2) is 48.6 Å². The summed E-state index contributed by atoms with van der Waals surface area (Å²) in [4.78, 5) is 26.1. The van der Waals surface area contributed by atoms with Gasteiger partial charge in [0.1, 0.15) is 5.75 Å². The van der Waals surface area contributed by atoms with Crippen molar-refractivity contribution in [3.05, 3.63) is 54.1 Å². The number of hydrogen-bond acceptors (Lipinski definition) is 3. The number of rotatable bonds is 3. The molecule has 4 heteroatoms. The Morgan fingerprint density at radius 2 is 1.57 bits per heavy atom. The van der Waals surface area contributed by atoms with Crippen LogP contribution in [0.3, 0.4) is 0 Å². The predicted molar refractivity (Wildman–Crippen MR) is 78.5 cm³/mol. The summed E-state index contributed by atoms with van der Waals surface area (Å²) in [6.07, 6.45) is 7.24. The maximum absolute atomic E-state index is 12.4. The van der Waals surface area contributed by atoms with E-state index in [1.807, 2.05) is 31.2 Å². The van der Waals surface area contributed by atoms with E-state index in [1.165, 1.54) is 4.90 Å². The van der Waals surface area contributed by atoms with Gasteiger partial charge >= 0.3 is 0 Å². The molecule has 3 rings (SSSR count). The molecule has 0 spiro atoms. The summed E-state index contributed by atoms with van der Waals surface area (Å²) in [6, 6.07) is 6.87. The van der Waals surface area contributed by atoms with E-state index in [1.54, 1.807) is 24.3 Å². The minimum atomic E-state index is -0.338. The molecule has 1 aliphatic carbocycles. The van der Waals surface area contributed by atoms with Crippen molar-refractivity contribution in [1.82, 2.24) is 4.90 Å². The van der Waals surface area contributed by atoms with E-state index in [0.717, 1.165) is 5.56 Å². The summed E-state index contributed by atoms with van der Waals surface area (Å²) < 4.78 is 0. The lowest BCUT2D eigenvalue weighted by Gasteiger charge is -2.20. The second-order valence-corrected chi connectivity index (χ2v) is 5.60. The van der Waals surface area contributed by atoms with Gasteiger partial charge in [-0.1, -0.05) is 43.4 Å². The first kappa shape index (κ1) is 13.6. The lowest BCUT2D eigenvalue weighted by atomic mass is 9.91.